The Kier molecular flexibility index (Phi) is 3.67. The molecule has 2 rings (SSSR count). The zero-order valence-corrected chi connectivity index (χ0v) is 11.0. The van der Waals surface area contributed by atoms with E-state index in [9.17, 15) is 4.79 Å². The molecule has 18 heavy (non-hydrogen) atoms. The Bertz CT molecular complexity index is 577. The Morgan fingerprint density at radius 2 is 2.17 bits per heavy atom. The van der Waals surface area contributed by atoms with Crippen molar-refractivity contribution in [3.8, 4) is 0 Å². The summed E-state index contributed by atoms with van der Waals surface area (Å²) >= 11 is 6.01. The van der Waals surface area contributed by atoms with Crippen LogP contribution >= 0.6 is 11.6 Å². The molecule has 0 aliphatic carbocycles. The SMILES string of the molecule is Cc1ccn(C(=O)CNc2cccc(Cl)c2C)n1. The number of aryl methyl sites for hydroxylation is 1. The van der Waals surface area contributed by atoms with Gasteiger partial charge in [-0.25, -0.2) is 4.68 Å². The van der Waals surface area contributed by atoms with Crippen molar-refractivity contribution in [2.24, 2.45) is 0 Å². The van der Waals surface area contributed by atoms with E-state index in [1.54, 1.807) is 12.3 Å². The Balaban J connectivity index is 2.04. The second-order valence-corrected chi connectivity index (χ2v) is 4.47. The lowest BCUT2D eigenvalue weighted by molar-refractivity contribution is 0.0913. The van der Waals surface area contributed by atoms with Crippen molar-refractivity contribution in [2.75, 3.05) is 11.9 Å². The van der Waals surface area contributed by atoms with Gasteiger partial charge in [0.05, 0.1) is 12.2 Å². The molecule has 1 heterocycles. The van der Waals surface area contributed by atoms with Crippen LogP contribution in [0.15, 0.2) is 30.5 Å². The summed E-state index contributed by atoms with van der Waals surface area (Å²) in [5.74, 6) is -0.109. The van der Waals surface area contributed by atoms with E-state index in [0.29, 0.717) is 5.02 Å². The highest BCUT2D eigenvalue weighted by Gasteiger charge is 2.07. The summed E-state index contributed by atoms with van der Waals surface area (Å²) < 4.78 is 1.34. The van der Waals surface area contributed by atoms with Crippen LogP contribution in [-0.2, 0) is 0 Å². The molecule has 4 nitrogen and oxygen atoms in total. The van der Waals surface area contributed by atoms with Gasteiger partial charge in [0.1, 0.15) is 0 Å². The molecule has 0 saturated carbocycles. The van der Waals surface area contributed by atoms with Crippen LogP contribution in [0.5, 0.6) is 0 Å². The van der Waals surface area contributed by atoms with Gasteiger partial charge in [-0.1, -0.05) is 17.7 Å². The molecular weight excluding hydrogens is 250 g/mol. The Labute approximate surface area is 111 Å². The van der Waals surface area contributed by atoms with Gasteiger partial charge >= 0.3 is 0 Å². The van der Waals surface area contributed by atoms with Crippen molar-refractivity contribution in [3.05, 3.63) is 46.7 Å². The number of aromatic nitrogens is 2. The third-order valence-corrected chi connectivity index (χ3v) is 3.09. The maximum atomic E-state index is 11.8. The predicted molar refractivity (Wildman–Crippen MR) is 72.3 cm³/mol. The van der Waals surface area contributed by atoms with Crippen LogP contribution in [0.1, 0.15) is 16.1 Å². The van der Waals surface area contributed by atoms with E-state index in [4.69, 9.17) is 11.6 Å². The van der Waals surface area contributed by atoms with Crippen molar-refractivity contribution in [1.29, 1.82) is 0 Å². The first-order valence-corrected chi connectivity index (χ1v) is 6.00. The minimum atomic E-state index is -0.109. The molecule has 0 aliphatic heterocycles. The normalized spacial score (nSPS) is 10.4. The predicted octanol–water partition coefficient (Wildman–Crippen LogP) is 2.91. The molecule has 0 spiro atoms. The molecule has 0 atom stereocenters. The van der Waals surface area contributed by atoms with Gasteiger partial charge in [-0.05, 0) is 37.6 Å². The maximum absolute atomic E-state index is 11.8. The lowest BCUT2D eigenvalue weighted by Crippen LogP contribution is -2.21. The van der Waals surface area contributed by atoms with E-state index in [2.05, 4.69) is 10.4 Å². The van der Waals surface area contributed by atoms with Crippen molar-refractivity contribution < 1.29 is 4.79 Å². The zero-order valence-electron chi connectivity index (χ0n) is 10.3. The van der Waals surface area contributed by atoms with E-state index in [-0.39, 0.29) is 12.5 Å². The number of carbonyl (C=O) groups excluding carboxylic acids is 1. The van der Waals surface area contributed by atoms with Crippen LogP contribution in [0.3, 0.4) is 0 Å². The second kappa shape index (κ2) is 5.23. The number of hydrogen-bond donors (Lipinski definition) is 1. The lowest BCUT2D eigenvalue weighted by Gasteiger charge is -2.09. The van der Waals surface area contributed by atoms with Crippen LogP contribution in [0.4, 0.5) is 5.69 Å². The van der Waals surface area contributed by atoms with Gasteiger partial charge < -0.3 is 5.32 Å². The fourth-order valence-corrected chi connectivity index (χ4v) is 1.78. The molecule has 0 radical (unpaired) electrons. The number of halogens is 1. The minimum absolute atomic E-state index is 0.109. The standard InChI is InChI=1S/C13H14ClN3O/c1-9-6-7-17(16-9)13(18)8-15-12-5-3-4-11(14)10(12)2/h3-7,15H,8H2,1-2H3. The first-order chi connectivity index (χ1) is 8.58. The molecule has 94 valence electrons. The van der Waals surface area contributed by atoms with Crippen molar-refractivity contribution >= 4 is 23.2 Å². The quantitative estimate of drug-likeness (QED) is 0.926. The zero-order chi connectivity index (χ0) is 13.1. The van der Waals surface area contributed by atoms with E-state index in [1.807, 2.05) is 32.0 Å². The number of hydrogen-bond acceptors (Lipinski definition) is 3. The highest BCUT2D eigenvalue weighted by molar-refractivity contribution is 6.31. The molecule has 1 aromatic carbocycles. The molecule has 0 aliphatic rings. The molecule has 0 fully saturated rings. The summed E-state index contributed by atoms with van der Waals surface area (Å²) in [6.07, 6.45) is 1.66. The summed E-state index contributed by atoms with van der Waals surface area (Å²) in [4.78, 5) is 11.8. The van der Waals surface area contributed by atoms with Gasteiger partial charge in [0, 0.05) is 16.9 Å². The van der Waals surface area contributed by atoms with E-state index in [0.717, 1.165) is 16.9 Å². The molecule has 0 unspecified atom stereocenters. The lowest BCUT2D eigenvalue weighted by atomic mass is 10.2. The third kappa shape index (κ3) is 2.71. The minimum Gasteiger partial charge on any atom is -0.376 e. The molecule has 0 saturated heterocycles. The second-order valence-electron chi connectivity index (χ2n) is 4.06. The Hall–Kier alpha value is -1.81. The summed E-state index contributed by atoms with van der Waals surface area (Å²) in [7, 11) is 0. The fourth-order valence-electron chi connectivity index (χ4n) is 1.60. The average Bonchev–Trinajstić information content (AvgIpc) is 2.77. The Morgan fingerprint density at radius 1 is 1.39 bits per heavy atom. The summed E-state index contributed by atoms with van der Waals surface area (Å²) in [6.45, 7) is 3.94. The highest BCUT2D eigenvalue weighted by Crippen LogP contribution is 2.22. The molecule has 5 heteroatoms. The number of anilines is 1. The largest absolute Gasteiger partial charge is 0.376 e. The van der Waals surface area contributed by atoms with Crippen molar-refractivity contribution in [2.45, 2.75) is 13.8 Å². The maximum Gasteiger partial charge on any atom is 0.266 e. The van der Waals surface area contributed by atoms with Crippen LogP contribution in [0.25, 0.3) is 0 Å². The van der Waals surface area contributed by atoms with E-state index >= 15 is 0 Å². The van der Waals surface area contributed by atoms with Crippen LogP contribution in [0.2, 0.25) is 5.02 Å². The summed E-state index contributed by atoms with van der Waals surface area (Å²) in [6, 6.07) is 7.35. The monoisotopic (exact) mass is 263 g/mol. The smallest absolute Gasteiger partial charge is 0.266 e. The Morgan fingerprint density at radius 3 is 2.83 bits per heavy atom. The average molecular weight is 264 g/mol. The van der Waals surface area contributed by atoms with E-state index < -0.39 is 0 Å². The topological polar surface area (TPSA) is 46.9 Å². The van der Waals surface area contributed by atoms with Crippen LogP contribution in [-0.4, -0.2) is 22.2 Å². The molecule has 2 aromatic rings. The van der Waals surface area contributed by atoms with E-state index in [1.165, 1.54) is 4.68 Å². The van der Waals surface area contributed by atoms with Crippen molar-refractivity contribution in [3.63, 3.8) is 0 Å². The van der Waals surface area contributed by atoms with Crippen LogP contribution in [0, 0.1) is 13.8 Å². The van der Waals surface area contributed by atoms with Gasteiger partial charge in [0.2, 0.25) is 0 Å². The fraction of sp³-hybridized carbons (Fsp3) is 0.231. The number of benzene rings is 1. The number of carbonyl (C=O) groups is 1. The first-order valence-electron chi connectivity index (χ1n) is 5.62. The van der Waals surface area contributed by atoms with Crippen LogP contribution < -0.4 is 5.32 Å². The summed E-state index contributed by atoms with van der Waals surface area (Å²) in [5, 5.41) is 7.81. The number of nitrogens with one attached hydrogen (secondary N) is 1. The molecule has 1 aromatic heterocycles. The van der Waals surface area contributed by atoms with Gasteiger partial charge in [0.25, 0.3) is 5.91 Å². The third-order valence-electron chi connectivity index (χ3n) is 2.68. The van der Waals surface area contributed by atoms with Gasteiger partial charge in [-0.3, -0.25) is 4.79 Å². The van der Waals surface area contributed by atoms with Gasteiger partial charge in [-0.15, -0.1) is 0 Å². The number of rotatable bonds is 3. The molecule has 0 bridgehead atoms. The molecule has 0 amide bonds. The molecule has 1 N–H and O–H groups in total. The highest BCUT2D eigenvalue weighted by atomic mass is 35.5. The number of nitrogens with zero attached hydrogens (tertiary/aromatic N) is 2. The van der Waals surface area contributed by atoms with Gasteiger partial charge in [0.15, 0.2) is 0 Å². The summed E-state index contributed by atoms with van der Waals surface area (Å²) in [5.41, 5.74) is 2.62. The van der Waals surface area contributed by atoms with Gasteiger partial charge in [-0.2, -0.15) is 5.10 Å². The molecular formula is C13H14ClN3O. The van der Waals surface area contributed by atoms with Crippen molar-refractivity contribution in [1.82, 2.24) is 9.78 Å². The first kappa shape index (κ1) is 12.6.